The highest BCUT2D eigenvalue weighted by Gasteiger charge is 2.19. The zero-order valence-electron chi connectivity index (χ0n) is 4.30. The predicted molar refractivity (Wildman–Crippen MR) is 22.2 cm³/mol. The van der Waals surface area contributed by atoms with Crippen LogP contribution in [0.2, 0.25) is 0 Å². The van der Waals surface area contributed by atoms with E-state index in [1.165, 1.54) is 0 Å². The highest BCUT2D eigenvalue weighted by molar-refractivity contribution is 4.75. The fraction of sp³-hybridized carbons (Fsp3) is 0.333. The van der Waals surface area contributed by atoms with Crippen molar-refractivity contribution in [2.24, 2.45) is 0 Å². The molecule has 1 nitrogen and oxygen atoms in total. The lowest BCUT2D eigenvalue weighted by molar-refractivity contribution is -0.0795. The zero-order chi connectivity index (χ0) is 5.21. The van der Waals surface area contributed by atoms with Gasteiger partial charge in [0.25, 0.3) is 0 Å². The number of hydrogen-bond acceptors (Lipinski definition) is 0. The molecule has 0 unspecified atom stereocenters. The van der Waals surface area contributed by atoms with Gasteiger partial charge in [0.1, 0.15) is 0 Å². The first-order valence-electron chi connectivity index (χ1n) is 1.26. The summed E-state index contributed by atoms with van der Waals surface area (Å²) in [6.07, 6.45) is -4.26. The Balaban J connectivity index is -0.000000125. The summed E-state index contributed by atoms with van der Waals surface area (Å²) in [5, 5.41) is 0. The summed E-state index contributed by atoms with van der Waals surface area (Å²) in [4.78, 5) is 0. The molecule has 0 aliphatic rings. The Morgan fingerprint density at radius 2 is 1.38 bits per heavy atom. The molecule has 0 heterocycles. The molecule has 0 atom stereocenters. The lowest BCUT2D eigenvalue weighted by atomic mass is 10.6. The van der Waals surface area contributed by atoms with Crippen LogP contribution in [0.3, 0.4) is 0 Å². The summed E-state index contributed by atoms with van der Waals surface area (Å²) in [5.41, 5.74) is 0. The van der Waals surface area contributed by atoms with Crippen LogP contribution in [0.1, 0.15) is 0 Å². The van der Waals surface area contributed by atoms with E-state index in [0.29, 0.717) is 0 Å². The molecule has 0 aromatic carbocycles. The molecule has 0 aliphatic heterocycles. The summed E-state index contributed by atoms with van der Waals surface area (Å²) in [5.74, 6) is 0. The van der Waals surface area contributed by atoms with E-state index in [1.54, 1.807) is 0 Å². The van der Waals surface area contributed by atoms with E-state index in [4.69, 9.17) is 0 Å². The Hall–Kier alpha value is -0.220. The second-order valence-electron chi connectivity index (χ2n) is 0.746. The molecule has 0 aromatic rings. The Bertz CT molecular complexity index is 60.0. The minimum atomic E-state index is -4.19. The highest BCUT2D eigenvalue weighted by atomic mass is 35.5. The number of quaternary nitrogens is 1. The SMILES string of the molecule is C=CC(F)(F)F.[Cl-].[NH4+]. The van der Waals surface area contributed by atoms with E-state index in [-0.39, 0.29) is 24.6 Å². The van der Waals surface area contributed by atoms with Crippen molar-refractivity contribution in [1.29, 1.82) is 0 Å². The average Bonchev–Trinajstić information content (AvgIpc) is 1.35. The van der Waals surface area contributed by atoms with Gasteiger partial charge in [0.2, 0.25) is 0 Å². The predicted octanol–water partition coefficient (Wildman–Crippen LogP) is -0.885. The smallest absolute Gasteiger partial charge is 0.409 e. The Kier molecular flexibility index (Phi) is 9.64. The largest absolute Gasteiger partial charge is 1.00 e. The van der Waals surface area contributed by atoms with Crippen molar-refractivity contribution in [1.82, 2.24) is 6.15 Å². The van der Waals surface area contributed by atoms with Gasteiger partial charge in [-0.1, -0.05) is 6.58 Å². The van der Waals surface area contributed by atoms with Gasteiger partial charge >= 0.3 is 6.18 Å². The molecule has 0 aromatic heterocycles. The Morgan fingerprint density at radius 3 is 1.38 bits per heavy atom. The van der Waals surface area contributed by atoms with Gasteiger partial charge in [-0.2, -0.15) is 13.2 Å². The molecular formula is C3H7ClF3N. The van der Waals surface area contributed by atoms with Gasteiger partial charge in [0, 0.05) is 6.08 Å². The topological polar surface area (TPSA) is 36.5 Å². The molecule has 8 heavy (non-hydrogen) atoms. The van der Waals surface area contributed by atoms with Gasteiger partial charge < -0.3 is 18.6 Å². The Morgan fingerprint density at radius 1 is 1.25 bits per heavy atom. The fourth-order valence-electron chi connectivity index (χ4n) is 0. The second kappa shape index (κ2) is 4.93. The van der Waals surface area contributed by atoms with Crippen molar-refractivity contribution < 1.29 is 25.6 Å². The highest BCUT2D eigenvalue weighted by Crippen LogP contribution is 2.13. The standard InChI is InChI=1S/C3H3F3.ClH.H3N/c1-2-3(4,5)6;;/h2H,1H2;1H;1H3. The normalized spacial score (nSPS) is 8.38. The number of hydrogen-bond donors (Lipinski definition) is 1. The van der Waals surface area contributed by atoms with Gasteiger partial charge in [-0.15, -0.1) is 0 Å². The molecule has 52 valence electrons. The molecule has 0 spiro atoms. The fourth-order valence-corrected chi connectivity index (χ4v) is 0. The first-order valence-corrected chi connectivity index (χ1v) is 1.26. The van der Waals surface area contributed by atoms with Gasteiger partial charge in [-0.25, -0.2) is 0 Å². The quantitative estimate of drug-likeness (QED) is 0.434. The maximum atomic E-state index is 10.7. The molecule has 0 saturated heterocycles. The molecule has 0 fully saturated rings. The minimum absolute atomic E-state index is 0. The molecule has 0 radical (unpaired) electrons. The van der Waals surface area contributed by atoms with Crippen LogP contribution in [-0.2, 0) is 0 Å². The minimum Gasteiger partial charge on any atom is -1.00 e. The van der Waals surface area contributed by atoms with Crippen LogP contribution < -0.4 is 18.6 Å². The molecule has 0 amide bonds. The van der Waals surface area contributed by atoms with Gasteiger partial charge in [-0.3, -0.25) is 0 Å². The van der Waals surface area contributed by atoms with Crippen molar-refractivity contribution >= 4 is 0 Å². The van der Waals surface area contributed by atoms with Crippen molar-refractivity contribution in [2.45, 2.75) is 6.18 Å². The van der Waals surface area contributed by atoms with E-state index >= 15 is 0 Å². The number of rotatable bonds is 0. The van der Waals surface area contributed by atoms with Crippen molar-refractivity contribution in [3.8, 4) is 0 Å². The van der Waals surface area contributed by atoms with Crippen LogP contribution in [0.5, 0.6) is 0 Å². The number of halogens is 4. The first kappa shape index (κ1) is 15.7. The summed E-state index contributed by atoms with van der Waals surface area (Å²) < 4.78 is 32.0. The summed E-state index contributed by atoms with van der Waals surface area (Å²) >= 11 is 0. The average molecular weight is 150 g/mol. The third kappa shape index (κ3) is 17.1. The zero-order valence-corrected chi connectivity index (χ0v) is 5.05. The van der Waals surface area contributed by atoms with Crippen molar-refractivity contribution in [3.63, 3.8) is 0 Å². The van der Waals surface area contributed by atoms with Crippen LogP contribution in [0, 0.1) is 0 Å². The third-order valence-electron chi connectivity index (χ3n) is 0.231. The summed E-state index contributed by atoms with van der Waals surface area (Å²) in [6, 6.07) is 0. The lowest BCUT2D eigenvalue weighted by Gasteiger charge is -1.91. The monoisotopic (exact) mass is 149 g/mol. The van der Waals surface area contributed by atoms with E-state index in [0.717, 1.165) is 0 Å². The molecule has 0 rings (SSSR count). The molecule has 0 bridgehead atoms. The third-order valence-corrected chi connectivity index (χ3v) is 0.231. The molecular weight excluding hydrogens is 142 g/mol. The molecule has 0 aliphatic carbocycles. The maximum Gasteiger partial charge on any atom is 0.409 e. The van der Waals surface area contributed by atoms with E-state index in [1.807, 2.05) is 0 Å². The van der Waals surface area contributed by atoms with Gasteiger partial charge in [0.15, 0.2) is 0 Å². The van der Waals surface area contributed by atoms with Crippen molar-refractivity contribution in [2.75, 3.05) is 0 Å². The first-order chi connectivity index (χ1) is 2.56. The molecule has 0 saturated carbocycles. The number of alkyl halides is 3. The van der Waals surface area contributed by atoms with Gasteiger partial charge in [-0.05, 0) is 0 Å². The van der Waals surface area contributed by atoms with Crippen LogP contribution in [0.15, 0.2) is 12.7 Å². The van der Waals surface area contributed by atoms with E-state index in [9.17, 15) is 13.2 Å². The lowest BCUT2D eigenvalue weighted by Crippen LogP contribution is -3.00. The number of allylic oxidation sites excluding steroid dienone is 1. The van der Waals surface area contributed by atoms with E-state index in [2.05, 4.69) is 6.58 Å². The van der Waals surface area contributed by atoms with E-state index < -0.39 is 6.18 Å². The van der Waals surface area contributed by atoms with Crippen LogP contribution >= 0.6 is 0 Å². The molecule has 4 N–H and O–H groups in total. The van der Waals surface area contributed by atoms with Crippen molar-refractivity contribution in [3.05, 3.63) is 12.7 Å². The Labute approximate surface area is 51.6 Å². The molecule has 5 heteroatoms. The van der Waals surface area contributed by atoms with Gasteiger partial charge in [0.05, 0.1) is 0 Å². The van der Waals surface area contributed by atoms with Crippen LogP contribution in [0.4, 0.5) is 13.2 Å². The van der Waals surface area contributed by atoms with Crippen LogP contribution in [-0.4, -0.2) is 6.18 Å². The van der Waals surface area contributed by atoms with Crippen LogP contribution in [0.25, 0.3) is 0 Å². The second-order valence-corrected chi connectivity index (χ2v) is 0.746. The summed E-state index contributed by atoms with van der Waals surface area (Å²) in [6.45, 7) is 2.51. The maximum absolute atomic E-state index is 10.7. The summed E-state index contributed by atoms with van der Waals surface area (Å²) in [7, 11) is 0.